The van der Waals surface area contributed by atoms with Crippen molar-refractivity contribution in [2.45, 2.75) is 19.9 Å². The van der Waals surface area contributed by atoms with Gasteiger partial charge in [-0.25, -0.2) is 9.69 Å². The second kappa shape index (κ2) is 5.83. The van der Waals surface area contributed by atoms with E-state index in [0.717, 1.165) is 13.0 Å². The highest BCUT2D eigenvalue weighted by atomic mass is 16.6. The first-order valence-corrected chi connectivity index (χ1v) is 6.44. The zero-order chi connectivity index (χ0) is 17.3. The smallest absolute Gasteiger partial charge is 0.305 e. The Morgan fingerprint density at radius 3 is 2.43 bits per heavy atom. The van der Waals surface area contributed by atoms with Gasteiger partial charge in [0, 0.05) is 19.1 Å². The van der Waals surface area contributed by atoms with Gasteiger partial charge in [0.15, 0.2) is 6.04 Å². The van der Waals surface area contributed by atoms with E-state index in [1.165, 1.54) is 25.1 Å². The lowest BCUT2D eigenvalue weighted by molar-refractivity contribution is -0.435. The van der Waals surface area contributed by atoms with Crippen LogP contribution in [0.25, 0.3) is 0 Å². The molecule has 1 atom stereocenters. The highest BCUT2D eigenvalue weighted by Crippen LogP contribution is 2.35. The molecule has 0 bridgehead atoms. The molecule has 2 rings (SSSR count). The van der Waals surface area contributed by atoms with Gasteiger partial charge in [-0.1, -0.05) is 12.1 Å². The highest BCUT2D eigenvalue weighted by molar-refractivity contribution is 5.95. The fourth-order valence-electron chi connectivity index (χ4n) is 2.41. The van der Waals surface area contributed by atoms with Gasteiger partial charge < -0.3 is 5.32 Å². The van der Waals surface area contributed by atoms with Crippen LogP contribution in [0.4, 0.5) is 10.5 Å². The summed E-state index contributed by atoms with van der Waals surface area (Å²) in [5, 5.41) is 24.5. The Hall–Kier alpha value is -3.30. The van der Waals surface area contributed by atoms with E-state index in [9.17, 15) is 29.8 Å². The number of carbonyl (C=O) groups excluding carboxylic acids is 2. The normalized spacial score (nSPS) is 17.7. The van der Waals surface area contributed by atoms with Crippen LogP contribution in [0.2, 0.25) is 0 Å². The lowest BCUT2D eigenvalue weighted by Crippen LogP contribution is -2.50. The summed E-state index contributed by atoms with van der Waals surface area (Å²) in [7, 11) is 0. The number of imide groups is 1. The number of allylic oxidation sites excluding steroid dienone is 1. The third kappa shape index (κ3) is 2.86. The molecule has 1 aliphatic heterocycles. The molecular formula is C13H12N4O6. The molecule has 0 aromatic heterocycles. The van der Waals surface area contributed by atoms with Crippen LogP contribution in [-0.4, -0.2) is 26.7 Å². The predicted octanol–water partition coefficient (Wildman–Crippen LogP) is 1.72. The number of hydrogen-bond acceptors (Lipinski definition) is 6. The van der Waals surface area contributed by atoms with Gasteiger partial charge in [0.2, 0.25) is 5.91 Å². The second-order valence-electron chi connectivity index (χ2n) is 4.84. The third-order valence-corrected chi connectivity index (χ3v) is 3.35. The van der Waals surface area contributed by atoms with Crippen LogP contribution in [-0.2, 0) is 4.79 Å². The van der Waals surface area contributed by atoms with Crippen LogP contribution in [0.5, 0.6) is 0 Å². The summed E-state index contributed by atoms with van der Waals surface area (Å²) < 4.78 is 0. The predicted molar refractivity (Wildman–Crippen MR) is 76.6 cm³/mol. The Labute approximate surface area is 129 Å². The van der Waals surface area contributed by atoms with E-state index in [2.05, 4.69) is 5.32 Å². The molecule has 23 heavy (non-hydrogen) atoms. The summed E-state index contributed by atoms with van der Waals surface area (Å²) in [5.74, 6) is -0.717. The fraction of sp³-hybridized carbons (Fsp3) is 0.231. The Bertz CT molecular complexity index is 757. The molecule has 0 saturated heterocycles. The summed E-state index contributed by atoms with van der Waals surface area (Å²) >= 11 is 0. The van der Waals surface area contributed by atoms with Crippen LogP contribution in [0.15, 0.2) is 35.7 Å². The summed E-state index contributed by atoms with van der Waals surface area (Å²) in [6, 6.07) is 2.89. The van der Waals surface area contributed by atoms with Gasteiger partial charge in [-0.05, 0) is 12.5 Å². The highest BCUT2D eigenvalue weighted by Gasteiger charge is 2.44. The fourth-order valence-corrected chi connectivity index (χ4v) is 2.41. The molecule has 1 aromatic carbocycles. The second-order valence-corrected chi connectivity index (χ2v) is 4.84. The largest absolute Gasteiger partial charge is 0.329 e. The quantitative estimate of drug-likeness (QED) is 0.665. The van der Waals surface area contributed by atoms with Crippen molar-refractivity contribution in [3.05, 3.63) is 61.5 Å². The minimum Gasteiger partial charge on any atom is -0.305 e. The first-order chi connectivity index (χ1) is 10.7. The number of nitro benzene ring substituents is 1. The van der Waals surface area contributed by atoms with E-state index < -0.39 is 33.5 Å². The number of nitrogens with one attached hydrogen (secondary N) is 1. The summed E-state index contributed by atoms with van der Waals surface area (Å²) in [6.45, 7) is 2.42. The first-order valence-electron chi connectivity index (χ1n) is 6.44. The Kier molecular flexibility index (Phi) is 4.08. The van der Waals surface area contributed by atoms with Gasteiger partial charge in [-0.2, -0.15) is 0 Å². The summed E-state index contributed by atoms with van der Waals surface area (Å²) in [5.41, 5.74) is -0.623. The van der Waals surface area contributed by atoms with Crippen molar-refractivity contribution in [1.29, 1.82) is 0 Å². The van der Waals surface area contributed by atoms with Crippen molar-refractivity contribution in [2.24, 2.45) is 0 Å². The Balaban J connectivity index is 2.69. The number of benzene rings is 1. The van der Waals surface area contributed by atoms with E-state index in [0.29, 0.717) is 4.90 Å². The van der Waals surface area contributed by atoms with Gasteiger partial charge in [-0.15, -0.1) is 0 Å². The molecule has 0 unspecified atom stereocenters. The molecular weight excluding hydrogens is 308 g/mol. The lowest BCUT2D eigenvalue weighted by Gasteiger charge is -2.32. The molecule has 120 valence electrons. The lowest BCUT2D eigenvalue weighted by atomic mass is 9.98. The zero-order valence-corrected chi connectivity index (χ0v) is 12.2. The Morgan fingerprint density at radius 2 is 1.91 bits per heavy atom. The van der Waals surface area contributed by atoms with E-state index in [-0.39, 0.29) is 16.9 Å². The van der Waals surface area contributed by atoms with Gasteiger partial charge in [0.25, 0.3) is 11.4 Å². The van der Waals surface area contributed by atoms with Crippen molar-refractivity contribution in [3.63, 3.8) is 0 Å². The van der Waals surface area contributed by atoms with Crippen LogP contribution in [0, 0.1) is 20.2 Å². The molecule has 0 saturated carbocycles. The molecule has 1 aromatic rings. The van der Waals surface area contributed by atoms with E-state index in [1.54, 1.807) is 0 Å². The monoisotopic (exact) mass is 320 g/mol. The molecule has 3 amide bonds. The van der Waals surface area contributed by atoms with Crippen molar-refractivity contribution in [3.8, 4) is 0 Å². The summed E-state index contributed by atoms with van der Waals surface area (Å²) in [4.78, 5) is 45.4. The Morgan fingerprint density at radius 1 is 1.26 bits per heavy atom. The van der Waals surface area contributed by atoms with Crippen LogP contribution < -0.4 is 5.32 Å². The molecule has 1 N–H and O–H groups in total. The number of nitro groups is 2. The van der Waals surface area contributed by atoms with Crippen molar-refractivity contribution in [2.75, 3.05) is 0 Å². The molecule has 1 aliphatic rings. The third-order valence-electron chi connectivity index (χ3n) is 3.35. The van der Waals surface area contributed by atoms with Gasteiger partial charge >= 0.3 is 6.03 Å². The molecule has 1 heterocycles. The standard InChI is InChI=1S/C13H12N4O6/c1-7-11(17(22)23)12(15(8(2)18)13(19)14-7)9-4-3-5-10(6-9)16(20)21/h3-6,12H,1-2H3,(H,14,19)/t12-/m1/s1. The maximum Gasteiger partial charge on any atom is 0.329 e. The maximum absolute atomic E-state index is 12.0. The minimum atomic E-state index is -1.34. The van der Waals surface area contributed by atoms with Crippen molar-refractivity contribution >= 4 is 17.6 Å². The number of rotatable bonds is 3. The van der Waals surface area contributed by atoms with E-state index in [1.807, 2.05) is 0 Å². The molecule has 0 fully saturated rings. The topological polar surface area (TPSA) is 136 Å². The van der Waals surface area contributed by atoms with Crippen LogP contribution in [0.1, 0.15) is 25.5 Å². The number of amides is 3. The SMILES string of the molecule is CC(=O)N1C(=O)NC(C)=C([N+](=O)[O-])[C@H]1c1cccc([N+](=O)[O-])c1. The number of non-ortho nitro benzene ring substituents is 1. The molecule has 10 nitrogen and oxygen atoms in total. The zero-order valence-electron chi connectivity index (χ0n) is 12.2. The van der Waals surface area contributed by atoms with Crippen molar-refractivity contribution in [1.82, 2.24) is 10.2 Å². The molecule has 0 radical (unpaired) electrons. The molecule has 0 aliphatic carbocycles. The van der Waals surface area contributed by atoms with Crippen LogP contribution >= 0.6 is 0 Å². The minimum absolute atomic E-state index is 0.0194. The summed E-state index contributed by atoms with van der Waals surface area (Å²) in [6.07, 6.45) is 0. The average Bonchev–Trinajstić information content (AvgIpc) is 2.45. The van der Waals surface area contributed by atoms with Gasteiger partial charge in [0.1, 0.15) is 0 Å². The van der Waals surface area contributed by atoms with Crippen molar-refractivity contribution < 1.29 is 19.4 Å². The molecule has 10 heteroatoms. The number of urea groups is 1. The first kappa shape index (κ1) is 16.1. The maximum atomic E-state index is 12.0. The average molecular weight is 320 g/mol. The van der Waals surface area contributed by atoms with E-state index >= 15 is 0 Å². The number of carbonyl (C=O) groups is 2. The van der Waals surface area contributed by atoms with Gasteiger partial charge in [0.05, 0.1) is 15.5 Å². The number of hydrogen-bond donors (Lipinski definition) is 1. The molecule has 0 spiro atoms. The number of nitrogens with zero attached hydrogens (tertiary/aromatic N) is 3. The van der Waals surface area contributed by atoms with E-state index in [4.69, 9.17) is 0 Å². The van der Waals surface area contributed by atoms with Gasteiger partial charge in [-0.3, -0.25) is 25.0 Å². The van der Waals surface area contributed by atoms with Crippen LogP contribution in [0.3, 0.4) is 0 Å².